The Bertz CT molecular complexity index is 1090. The van der Waals surface area contributed by atoms with Crippen molar-refractivity contribution in [2.75, 3.05) is 13.7 Å². The van der Waals surface area contributed by atoms with E-state index >= 15 is 0 Å². The van der Waals surface area contributed by atoms with E-state index in [2.05, 4.69) is 44.5 Å². The van der Waals surface area contributed by atoms with Crippen LogP contribution < -0.4 is 5.56 Å². The number of nitrogens with one attached hydrogen (secondary N) is 1. The zero-order chi connectivity index (χ0) is 22.5. The Hall–Kier alpha value is -2.58. The van der Waals surface area contributed by atoms with Gasteiger partial charge in [-0.15, -0.1) is 5.10 Å². The van der Waals surface area contributed by atoms with Crippen LogP contribution in [0.2, 0.25) is 0 Å². The number of benzene rings is 1. The molecule has 0 amide bonds. The average molecular weight is 439 g/mol. The number of hydrogen-bond donors (Lipinski definition) is 1. The molecule has 32 heavy (non-hydrogen) atoms. The standard InChI is InChI=1S/C24H34N6O2/c1-4-22(23-26-27-28-30(23)12-13-32-3)29(20-8-6-5-7-9-20)16-19-15-18-11-10-17(2)14-21(18)25-24(19)31/h10-11,14-15,20,22H,4-9,12-13,16H2,1-3H3,(H,25,31)/t22-/m0/s1. The monoisotopic (exact) mass is 438 g/mol. The Labute approximate surface area is 189 Å². The molecule has 1 saturated carbocycles. The van der Waals surface area contributed by atoms with Crippen molar-refractivity contribution in [2.24, 2.45) is 0 Å². The number of H-pyrrole nitrogens is 1. The lowest BCUT2D eigenvalue weighted by Gasteiger charge is -2.39. The molecule has 1 aliphatic rings. The minimum Gasteiger partial charge on any atom is -0.383 e. The lowest BCUT2D eigenvalue weighted by Crippen LogP contribution is -2.41. The topological polar surface area (TPSA) is 88.9 Å². The Morgan fingerprint density at radius 3 is 2.81 bits per heavy atom. The molecule has 4 rings (SSSR count). The lowest BCUT2D eigenvalue weighted by atomic mass is 9.92. The predicted molar refractivity (Wildman–Crippen MR) is 124 cm³/mol. The number of nitrogens with zero attached hydrogens (tertiary/aromatic N) is 5. The molecule has 2 heterocycles. The SMILES string of the molecule is CC[C@@H](c1nnnn1CCOC)N(Cc1cc2ccc(C)cc2[nH]c1=O)C1CCCCC1. The maximum Gasteiger partial charge on any atom is 0.252 e. The van der Waals surface area contributed by atoms with Crippen LogP contribution in [0.4, 0.5) is 0 Å². The van der Waals surface area contributed by atoms with Crippen molar-refractivity contribution < 1.29 is 4.74 Å². The second-order valence-electron chi connectivity index (χ2n) is 8.86. The zero-order valence-electron chi connectivity index (χ0n) is 19.4. The Morgan fingerprint density at radius 2 is 2.06 bits per heavy atom. The van der Waals surface area contributed by atoms with Crippen LogP contribution in [-0.4, -0.2) is 49.8 Å². The predicted octanol–water partition coefficient (Wildman–Crippen LogP) is 3.76. The van der Waals surface area contributed by atoms with E-state index in [1.54, 1.807) is 7.11 Å². The third-order valence-corrected chi connectivity index (χ3v) is 6.63. The molecule has 8 nitrogen and oxygen atoms in total. The van der Waals surface area contributed by atoms with E-state index < -0.39 is 0 Å². The van der Waals surface area contributed by atoms with E-state index in [-0.39, 0.29) is 11.6 Å². The van der Waals surface area contributed by atoms with Gasteiger partial charge in [-0.3, -0.25) is 9.69 Å². The molecule has 1 aliphatic carbocycles. The maximum atomic E-state index is 13.0. The molecule has 1 fully saturated rings. The molecule has 0 radical (unpaired) electrons. The van der Waals surface area contributed by atoms with Crippen molar-refractivity contribution in [3.05, 3.63) is 51.6 Å². The van der Waals surface area contributed by atoms with E-state index in [0.29, 0.717) is 25.7 Å². The molecule has 0 bridgehead atoms. The molecule has 0 aliphatic heterocycles. The first kappa shape index (κ1) is 22.6. The maximum absolute atomic E-state index is 13.0. The lowest BCUT2D eigenvalue weighted by molar-refractivity contribution is 0.0826. The molecule has 0 unspecified atom stereocenters. The third kappa shape index (κ3) is 4.91. The van der Waals surface area contributed by atoms with Gasteiger partial charge in [0.25, 0.3) is 5.56 Å². The second-order valence-corrected chi connectivity index (χ2v) is 8.86. The van der Waals surface area contributed by atoms with Crippen molar-refractivity contribution >= 4 is 10.9 Å². The summed E-state index contributed by atoms with van der Waals surface area (Å²) in [4.78, 5) is 18.6. The van der Waals surface area contributed by atoms with Gasteiger partial charge in [-0.25, -0.2) is 4.68 Å². The molecule has 0 saturated heterocycles. The number of tetrazole rings is 1. The molecular weight excluding hydrogens is 404 g/mol. The number of rotatable bonds is 9. The Kier molecular flexibility index (Phi) is 7.32. The van der Waals surface area contributed by atoms with Crippen molar-refractivity contribution in [2.45, 2.75) is 77.5 Å². The van der Waals surface area contributed by atoms with E-state index in [0.717, 1.165) is 47.1 Å². The summed E-state index contributed by atoms with van der Waals surface area (Å²) in [5.74, 6) is 0.850. The quantitative estimate of drug-likeness (QED) is 0.547. The molecular formula is C24H34N6O2. The van der Waals surface area contributed by atoms with Crippen LogP contribution in [0.25, 0.3) is 10.9 Å². The van der Waals surface area contributed by atoms with Crippen molar-refractivity contribution in [3.8, 4) is 0 Å². The second kappa shape index (κ2) is 10.4. The summed E-state index contributed by atoms with van der Waals surface area (Å²) in [5, 5.41) is 13.6. The minimum absolute atomic E-state index is 0.0160. The Morgan fingerprint density at radius 1 is 1.25 bits per heavy atom. The van der Waals surface area contributed by atoms with Gasteiger partial charge in [0.2, 0.25) is 0 Å². The number of aromatic nitrogens is 5. The third-order valence-electron chi connectivity index (χ3n) is 6.63. The molecule has 172 valence electrons. The number of pyridine rings is 1. The largest absolute Gasteiger partial charge is 0.383 e. The first-order chi connectivity index (χ1) is 15.6. The fraction of sp³-hybridized carbons (Fsp3) is 0.583. The highest BCUT2D eigenvalue weighted by Gasteiger charge is 2.31. The van der Waals surface area contributed by atoms with E-state index in [1.165, 1.54) is 19.3 Å². The number of aryl methyl sites for hydroxylation is 1. The molecule has 8 heteroatoms. The molecule has 1 aromatic carbocycles. The number of aromatic amines is 1. The van der Waals surface area contributed by atoms with Crippen molar-refractivity contribution in [1.82, 2.24) is 30.1 Å². The summed E-state index contributed by atoms with van der Waals surface area (Å²) in [6.07, 6.45) is 6.87. The van der Waals surface area contributed by atoms with Gasteiger partial charge >= 0.3 is 0 Å². The van der Waals surface area contributed by atoms with Gasteiger partial charge in [-0.05, 0) is 59.7 Å². The summed E-state index contributed by atoms with van der Waals surface area (Å²) in [5.41, 5.74) is 2.80. The van der Waals surface area contributed by atoms with Crippen LogP contribution in [0, 0.1) is 6.92 Å². The minimum atomic E-state index is -0.0160. The van der Waals surface area contributed by atoms with Gasteiger partial charge in [0.05, 0.1) is 19.2 Å². The first-order valence-electron chi connectivity index (χ1n) is 11.7. The first-order valence-corrected chi connectivity index (χ1v) is 11.7. The van der Waals surface area contributed by atoms with Crippen LogP contribution in [0.1, 0.15) is 68.4 Å². The molecule has 0 spiro atoms. The van der Waals surface area contributed by atoms with Crippen LogP contribution in [0.3, 0.4) is 0 Å². The normalized spacial score (nSPS) is 16.1. The summed E-state index contributed by atoms with van der Waals surface area (Å²) in [7, 11) is 1.68. The van der Waals surface area contributed by atoms with Gasteiger partial charge in [0.1, 0.15) is 0 Å². The van der Waals surface area contributed by atoms with Gasteiger partial charge in [-0.1, -0.05) is 38.3 Å². The zero-order valence-corrected chi connectivity index (χ0v) is 19.4. The molecule has 1 N–H and O–H groups in total. The summed E-state index contributed by atoms with van der Waals surface area (Å²) in [6, 6.07) is 8.69. The van der Waals surface area contributed by atoms with Crippen molar-refractivity contribution in [3.63, 3.8) is 0 Å². The number of methoxy groups -OCH3 is 1. The summed E-state index contributed by atoms with van der Waals surface area (Å²) in [6.45, 7) is 5.96. The van der Waals surface area contributed by atoms with Crippen LogP contribution in [0.5, 0.6) is 0 Å². The smallest absolute Gasteiger partial charge is 0.252 e. The van der Waals surface area contributed by atoms with Crippen LogP contribution in [-0.2, 0) is 17.8 Å². The van der Waals surface area contributed by atoms with E-state index in [4.69, 9.17) is 4.74 Å². The van der Waals surface area contributed by atoms with E-state index in [1.807, 2.05) is 23.7 Å². The summed E-state index contributed by atoms with van der Waals surface area (Å²) >= 11 is 0. The highest BCUT2D eigenvalue weighted by molar-refractivity contribution is 5.79. The molecule has 3 aromatic rings. The van der Waals surface area contributed by atoms with Gasteiger partial charge in [0, 0.05) is 30.8 Å². The number of ether oxygens (including phenoxy) is 1. The number of hydrogen-bond acceptors (Lipinski definition) is 6. The Balaban J connectivity index is 1.70. The molecule has 1 atom stereocenters. The fourth-order valence-electron chi connectivity index (χ4n) is 4.93. The van der Waals surface area contributed by atoms with Gasteiger partial charge in [-0.2, -0.15) is 0 Å². The van der Waals surface area contributed by atoms with Crippen LogP contribution in [0.15, 0.2) is 29.1 Å². The van der Waals surface area contributed by atoms with Gasteiger partial charge < -0.3 is 9.72 Å². The van der Waals surface area contributed by atoms with Crippen molar-refractivity contribution in [1.29, 1.82) is 0 Å². The fourth-order valence-corrected chi connectivity index (χ4v) is 4.93. The number of fused-ring (bicyclic) bond motifs is 1. The van der Waals surface area contributed by atoms with Crippen LogP contribution >= 0.6 is 0 Å². The van der Waals surface area contributed by atoms with E-state index in [9.17, 15) is 4.79 Å². The molecule has 2 aromatic heterocycles. The highest BCUT2D eigenvalue weighted by Crippen LogP contribution is 2.32. The summed E-state index contributed by atoms with van der Waals surface area (Å²) < 4.78 is 7.09. The van der Waals surface area contributed by atoms with Gasteiger partial charge in [0.15, 0.2) is 5.82 Å². The average Bonchev–Trinajstić information content (AvgIpc) is 3.26. The highest BCUT2D eigenvalue weighted by atomic mass is 16.5.